The second kappa shape index (κ2) is 22.9. The molecule has 99 heavy (non-hydrogen) atoms. The Morgan fingerprint density at radius 1 is 0.293 bits per heavy atom. The molecule has 0 spiro atoms. The second-order valence-electron chi connectivity index (χ2n) is 30.3. The van der Waals surface area contributed by atoms with Crippen LogP contribution in [-0.2, 0) is 21.7 Å². The molecule has 4 nitrogen and oxygen atoms in total. The zero-order valence-electron chi connectivity index (χ0n) is 77.5. The van der Waals surface area contributed by atoms with Gasteiger partial charge in [0, 0.05) is 72.4 Å². The van der Waals surface area contributed by atoms with Crippen molar-refractivity contribution in [3.63, 3.8) is 0 Å². The summed E-state index contributed by atoms with van der Waals surface area (Å²) in [6, 6.07) is 41.6. The van der Waals surface area contributed by atoms with Crippen molar-refractivity contribution < 1.29 is 27.4 Å². The van der Waals surface area contributed by atoms with E-state index in [0.29, 0.717) is 56.0 Å². The van der Waals surface area contributed by atoms with E-state index in [4.69, 9.17) is 5.48 Å². The van der Waals surface area contributed by atoms with E-state index in [1.807, 2.05) is 94.7 Å². The lowest BCUT2D eigenvalue weighted by molar-refractivity contribution is 0.590. The van der Waals surface area contributed by atoms with Crippen LogP contribution in [0.4, 0.5) is 34.1 Å². The Kier molecular flexibility index (Phi) is 10.0. The standard InChI is InChI=1S/C94H83BN4/c1-91(2,3)65-43-39-62(40-44-65)76-56-68(94(10,11)12)57-77(63-41-45-66(46-42-63)92(4,5)6)90(76)99-86-59-70(97-82-37-25-21-33-73(82)74-34-22-26-38-83(74)97)49-51-79(86)95-78-50-48-69(96-80-35-23-19-31-71(80)72-32-20-24-36-81(72)96)58-85(78)98(87-53-64(54-88(99)89(87)95)60-27-15-13-16-28-60)84-52-47-67(93(7,8)9)55-75(84)61-29-17-14-18-30-61/h13-59H,1-12H3/i19D,20D,21D,22D,23D,24D,25D,26D,31D,32D,33D,34D,35D,36D,37D,38D,50D,51D,58D,59D. The minimum atomic E-state index is -1.38. The second-order valence-corrected chi connectivity index (χ2v) is 30.3. The molecule has 0 unspecified atom stereocenters. The summed E-state index contributed by atoms with van der Waals surface area (Å²) in [6.45, 7) is 24.2. The maximum absolute atomic E-state index is 11.8. The third-order valence-corrected chi connectivity index (χ3v) is 19.8. The Labute approximate surface area is 612 Å². The zero-order chi connectivity index (χ0) is 85.4. The quantitative estimate of drug-likeness (QED) is 0.141. The molecule has 0 fully saturated rings. The highest BCUT2D eigenvalue weighted by Gasteiger charge is 2.46. The van der Waals surface area contributed by atoms with E-state index in [-0.39, 0.29) is 100 Å². The molecule has 17 rings (SSSR count). The average Bonchev–Trinajstić information content (AvgIpc) is 1.46. The summed E-state index contributed by atoms with van der Waals surface area (Å²) in [5.74, 6) is 0. The van der Waals surface area contributed by atoms with Gasteiger partial charge in [-0.15, -0.1) is 0 Å². The molecule has 13 aromatic carbocycles. The van der Waals surface area contributed by atoms with Crippen LogP contribution in [0.2, 0.25) is 0 Å². The molecule has 0 aliphatic carbocycles. The summed E-state index contributed by atoms with van der Waals surface area (Å²) in [5.41, 5.74) is 8.83. The number of benzene rings is 13. The van der Waals surface area contributed by atoms with Crippen LogP contribution >= 0.6 is 0 Å². The summed E-state index contributed by atoms with van der Waals surface area (Å²) in [5, 5.41) is -0.995. The number of anilines is 6. The van der Waals surface area contributed by atoms with Gasteiger partial charge in [-0.2, -0.15) is 0 Å². The summed E-state index contributed by atoms with van der Waals surface area (Å²) in [7, 11) is 0. The molecular weight excluding hydrogens is 1200 g/mol. The molecule has 4 heterocycles. The largest absolute Gasteiger partial charge is 0.311 e. The van der Waals surface area contributed by atoms with Gasteiger partial charge in [-0.25, -0.2) is 0 Å². The molecular formula is C94H83BN4. The molecule has 0 saturated carbocycles. The van der Waals surface area contributed by atoms with Gasteiger partial charge in [-0.3, -0.25) is 0 Å². The molecule has 15 aromatic rings. The van der Waals surface area contributed by atoms with Crippen LogP contribution in [0, 0.1) is 0 Å². The highest BCUT2D eigenvalue weighted by molar-refractivity contribution is 7.00. The summed E-state index contributed by atoms with van der Waals surface area (Å²) in [4.78, 5) is 3.95. The third-order valence-electron chi connectivity index (χ3n) is 19.8. The van der Waals surface area contributed by atoms with Gasteiger partial charge in [0.2, 0.25) is 0 Å². The molecule has 5 heteroatoms. The van der Waals surface area contributed by atoms with Crippen LogP contribution in [0.5, 0.6) is 0 Å². The van der Waals surface area contributed by atoms with Crippen molar-refractivity contribution in [2.45, 2.75) is 105 Å². The van der Waals surface area contributed by atoms with Crippen molar-refractivity contribution in [3.05, 3.63) is 307 Å². The highest BCUT2D eigenvalue weighted by Crippen LogP contribution is 2.54. The van der Waals surface area contributed by atoms with Crippen molar-refractivity contribution in [2.75, 3.05) is 9.80 Å². The van der Waals surface area contributed by atoms with E-state index in [0.717, 1.165) is 38.9 Å². The fourth-order valence-electron chi connectivity index (χ4n) is 14.6. The lowest BCUT2D eigenvalue weighted by Crippen LogP contribution is -2.61. The third kappa shape index (κ3) is 10.3. The van der Waals surface area contributed by atoms with Gasteiger partial charge in [0.1, 0.15) is 0 Å². The topological polar surface area (TPSA) is 16.3 Å². The van der Waals surface area contributed by atoms with Gasteiger partial charge in [0.05, 0.1) is 60.9 Å². The minimum absolute atomic E-state index is 0.00442. The number of aromatic nitrogens is 2. The van der Waals surface area contributed by atoms with Gasteiger partial charge < -0.3 is 18.9 Å². The predicted molar refractivity (Wildman–Crippen MR) is 426 cm³/mol. The van der Waals surface area contributed by atoms with Crippen molar-refractivity contribution in [2.24, 2.45) is 0 Å². The average molecular weight is 1300 g/mol. The Morgan fingerprint density at radius 2 is 0.657 bits per heavy atom. The lowest BCUT2D eigenvalue weighted by Gasteiger charge is -2.46. The number of hydrogen-bond acceptors (Lipinski definition) is 2. The molecule has 0 radical (unpaired) electrons. The smallest absolute Gasteiger partial charge is 0.252 e. The van der Waals surface area contributed by atoms with Crippen LogP contribution in [0.1, 0.15) is 133 Å². The number of fused-ring (bicyclic) bond motifs is 10. The molecule has 482 valence electrons. The van der Waals surface area contributed by atoms with Crippen LogP contribution < -0.4 is 26.2 Å². The first-order valence-corrected chi connectivity index (χ1v) is 33.7. The van der Waals surface area contributed by atoms with Gasteiger partial charge in [0.15, 0.2) is 0 Å². The molecule has 2 aliphatic heterocycles. The first-order valence-electron chi connectivity index (χ1n) is 43.7. The summed E-state index contributed by atoms with van der Waals surface area (Å²) >= 11 is 0. The molecule has 0 amide bonds. The van der Waals surface area contributed by atoms with E-state index in [9.17, 15) is 21.9 Å². The lowest BCUT2D eigenvalue weighted by atomic mass is 9.33. The Morgan fingerprint density at radius 3 is 1.08 bits per heavy atom. The van der Waals surface area contributed by atoms with Gasteiger partial charge >= 0.3 is 0 Å². The van der Waals surface area contributed by atoms with E-state index in [1.54, 1.807) is 0 Å². The fourth-order valence-corrected chi connectivity index (χ4v) is 14.6. The van der Waals surface area contributed by atoms with Crippen LogP contribution in [0.15, 0.2) is 285 Å². The van der Waals surface area contributed by atoms with E-state index in [1.165, 1.54) is 21.3 Å². The summed E-state index contributed by atoms with van der Waals surface area (Å²) in [6.07, 6.45) is 0. The molecule has 0 N–H and O–H groups in total. The normalized spacial score (nSPS) is 16.0. The van der Waals surface area contributed by atoms with E-state index >= 15 is 0 Å². The van der Waals surface area contributed by atoms with Gasteiger partial charge in [-0.1, -0.05) is 283 Å². The monoisotopic (exact) mass is 1300 g/mol. The maximum atomic E-state index is 11.8. The highest BCUT2D eigenvalue weighted by atomic mass is 15.2. The number of rotatable bonds is 8. The predicted octanol–water partition coefficient (Wildman–Crippen LogP) is 23.8. The van der Waals surface area contributed by atoms with E-state index < -0.39 is 126 Å². The summed E-state index contributed by atoms with van der Waals surface area (Å²) < 4.78 is 200. The maximum Gasteiger partial charge on any atom is 0.252 e. The number of nitrogens with zero attached hydrogens (tertiary/aromatic N) is 4. The SMILES string of the molecule is [2H]c1cc(-n2c3c([2H])c([2H])c([2H])c([2H])c3c3c([2H])c([2H])c([2H])c([2H])c32)c([2H])c2c1B1c3c(cc(-c4ccccc4)cc3N(c3c(-c4ccc(C(C)(C)C)cc4)cc(C(C)(C)C)cc3-c3ccc(C(C)(C)C)cc3)c3c([2H])c(-n4c5c([2H])c([2H])c([2H])c([2H])c5c5c([2H])c([2H])c([2H])c([2H])c54)cc([2H])c31)N2c1ccc(C(C)(C)C)cc1-c1ccccc1. The van der Waals surface area contributed by atoms with E-state index in [2.05, 4.69) is 150 Å². The van der Waals surface area contributed by atoms with Crippen molar-refractivity contribution >= 4 is 101 Å². The first-order chi connectivity index (χ1) is 56.0. The molecule has 2 aliphatic rings. The Balaban J connectivity index is 1.14. The van der Waals surface area contributed by atoms with Crippen LogP contribution in [0.25, 0.3) is 99.5 Å². The molecule has 0 atom stereocenters. The number of hydrogen-bond donors (Lipinski definition) is 0. The van der Waals surface area contributed by atoms with Crippen LogP contribution in [0.3, 0.4) is 0 Å². The molecule has 2 aromatic heterocycles. The van der Waals surface area contributed by atoms with Crippen molar-refractivity contribution in [1.82, 2.24) is 9.13 Å². The Bertz CT molecular complexity index is 6720. The molecule has 0 saturated heterocycles. The minimum Gasteiger partial charge on any atom is -0.311 e. The zero-order valence-corrected chi connectivity index (χ0v) is 57.5. The van der Waals surface area contributed by atoms with Crippen LogP contribution in [-0.4, -0.2) is 15.8 Å². The van der Waals surface area contributed by atoms with Gasteiger partial charge in [0.25, 0.3) is 6.71 Å². The number of para-hydroxylation sites is 4. The Hall–Kier alpha value is -10.9. The molecule has 0 bridgehead atoms. The van der Waals surface area contributed by atoms with Crippen molar-refractivity contribution in [3.8, 4) is 55.9 Å². The van der Waals surface area contributed by atoms with Crippen molar-refractivity contribution in [1.29, 1.82) is 0 Å². The van der Waals surface area contributed by atoms with Gasteiger partial charge in [-0.05, 0) is 173 Å². The first kappa shape index (κ1) is 43.4. The fraction of sp³-hybridized carbons (Fsp3) is 0.170.